The van der Waals surface area contributed by atoms with Gasteiger partial charge < -0.3 is 15.0 Å². The van der Waals surface area contributed by atoms with E-state index in [0.29, 0.717) is 37.2 Å². The van der Waals surface area contributed by atoms with Crippen molar-refractivity contribution in [1.82, 2.24) is 10.2 Å². The lowest BCUT2D eigenvalue weighted by Crippen LogP contribution is -2.35. The van der Waals surface area contributed by atoms with Crippen LogP contribution >= 0.6 is 0 Å². The maximum atomic E-state index is 11.9. The van der Waals surface area contributed by atoms with Gasteiger partial charge in [-0.1, -0.05) is 13.3 Å². The first-order chi connectivity index (χ1) is 12.6. The lowest BCUT2D eigenvalue weighted by molar-refractivity contribution is -0.130. The van der Waals surface area contributed by atoms with Crippen LogP contribution < -0.4 is 10.1 Å². The highest BCUT2D eigenvalue weighted by atomic mass is 16.5. The third kappa shape index (κ3) is 6.50. The normalized spacial score (nSPS) is 14.7. The molecule has 0 unspecified atom stereocenters. The Morgan fingerprint density at radius 1 is 1.15 bits per heavy atom. The second-order valence-electron chi connectivity index (χ2n) is 6.48. The second-order valence-corrected chi connectivity index (χ2v) is 6.48. The maximum Gasteiger partial charge on any atom is 0.257 e. The van der Waals surface area contributed by atoms with Crippen molar-refractivity contribution >= 4 is 17.6 Å². The van der Waals surface area contributed by atoms with Crippen LogP contribution in [-0.4, -0.2) is 48.7 Å². The first-order valence-electron chi connectivity index (χ1n) is 9.40. The Labute approximate surface area is 154 Å². The number of nitrogens with zero attached hydrogens (tertiary/aromatic N) is 1. The van der Waals surface area contributed by atoms with E-state index < -0.39 is 0 Å². The molecule has 1 aliphatic rings. The molecule has 1 N–H and O–H groups in total. The highest BCUT2D eigenvalue weighted by Crippen LogP contribution is 2.13. The molecule has 1 aromatic rings. The minimum absolute atomic E-state index is 0.0658. The van der Waals surface area contributed by atoms with Crippen molar-refractivity contribution in [2.75, 3.05) is 26.2 Å². The van der Waals surface area contributed by atoms with Gasteiger partial charge >= 0.3 is 0 Å². The molecular weight excluding hydrogens is 332 g/mol. The van der Waals surface area contributed by atoms with Gasteiger partial charge in [0.05, 0.1) is 0 Å². The van der Waals surface area contributed by atoms with E-state index in [2.05, 4.69) is 5.32 Å². The number of rotatable bonds is 9. The Kier molecular flexibility index (Phi) is 8.12. The Bertz CT molecular complexity index is 613. The van der Waals surface area contributed by atoms with Gasteiger partial charge in [0.2, 0.25) is 5.91 Å². The Morgan fingerprint density at radius 2 is 1.92 bits per heavy atom. The van der Waals surface area contributed by atoms with Crippen LogP contribution in [0.5, 0.6) is 5.75 Å². The van der Waals surface area contributed by atoms with Gasteiger partial charge in [0, 0.05) is 38.0 Å². The van der Waals surface area contributed by atoms with Crippen LogP contribution in [0.2, 0.25) is 0 Å². The molecule has 2 amide bonds. The summed E-state index contributed by atoms with van der Waals surface area (Å²) in [6.45, 7) is 3.79. The zero-order chi connectivity index (χ0) is 18.8. The Hall–Kier alpha value is -2.37. The molecule has 1 aliphatic heterocycles. The van der Waals surface area contributed by atoms with Crippen LogP contribution in [0.1, 0.15) is 55.8 Å². The van der Waals surface area contributed by atoms with Gasteiger partial charge in [0.1, 0.15) is 5.75 Å². The van der Waals surface area contributed by atoms with Crippen LogP contribution in [0.3, 0.4) is 0 Å². The molecule has 1 aromatic carbocycles. The first-order valence-corrected chi connectivity index (χ1v) is 9.40. The summed E-state index contributed by atoms with van der Waals surface area (Å²) >= 11 is 0. The molecule has 0 radical (unpaired) electrons. The van der Waals surface area contributed by atoms with Crippen LogP contribution in [0.25, 0.3) is 0 Å². The average Bonchev–Trinajstić information content (AvgIpc) is 2.87. The lowest BCUT2D eigenvalue weighted by Gasteiger charge is -2.20. The predicted octanol–water partition coefficient (Wildman–Crippen LogP) is 2.57. The molecule has 1 heterocycles. The fourth-order valence-electron chi connectivity index (χ4n) is 2.91. The zero-order valence-corrected chi connectivity index (χ0v) is 15.5. The van der Waals surface area contributed by atoms with Crippen molar-refractivity contribution in [3.63, 3.8) is 0 Å². The summed E-state index contributed by atoms with van der Waals surface area (Å²) in [4.78, 5) is 37.2. The third-order valence-corrected chi connectivity index (χ3v) is 4.47. The summed E-state index contributed by atoms with van der Waals surface area (Å²) < 4.78 is 5.43. The molecule has 0 spiro atoms. The number of ketones is 1. The number of Topliss-reactive ketones (excluding diaryl/α,β-unsaturated/α-hetero) is 1. The van der Waals surface area contributed by atoms with Crippen LogP contribution in [0.15, 0.2) is 24.3 Å². The van der Waals surface area contributed by atoms with Gasteiger partial charge in [0.25, 0.3) is 5.91 Å². The number of ether oxygens (including phenoxy) is 1. The fourth-order valence-corrected chi connectivity index (χ4v) is 2.91. The van der Waals surface area contributed by atoms with Crippen molar-refractivity contribution in [3.8, 4) is 5.75 Å². The molecule has 6 nitrogen and oxygen atoms in total. The summed E-state index contributed by atoms with van der Waals surface area (Å²) in [6, 6.07) is 6.80. The molecular formula is C20H28N2O4. The number of hydrogen-bond acceptors (Lipinski definition) is 4. The number of benzene rings is 1. The van der Waals surface area contributed by atoms with Crippen LogP contribution in [-0.2, 0) is 9.59 Å². The highest BCUT2D eigenvalue weighted by Gasteiger charge is 2.15. The zero-order valence-electron chi connectivity index (χ0n) is 15.5. The largest absolute Gasteiger partial charge is 0.484 e. The lowest BCUT2D eigenvalue weighted by atomic mass is 10.1. The van der Waals surface area contributed by atoms with E-state index in [9.17, 15) is 14.4 Å². The molecule has 1 fully saturated rings. The summed E-state index contributed by atoms with van der Waals surface area (Å²) in [7, 11) is 0. The van der Waals surface area contributed by atoms with Gasteiger partial charge in [-0.2, -0.15) is 0 Å². The molecule has 26 heavy (non-hydrogen) atoms. The number of nitrogens with one attached hydrogen (secondary N) is 1. The molecule has 142 valence electrons. The minimum atomic E-state index is -0.194. The van der Waals surface area contributed by atoms with E-state index >= 15 is 0 Å². The van der Waals surface area contributed by atoms with E-state index in [0.717, 1.165) is 32.2 Å². The van der Waals surface area contributed by atoms with Crippen molar-refractivity contribution in [2.45, 2.75) is 45.4 Å². The van der Waals surface area contributed by atoms with Gasteiger partial charge in [-0.25, -0.2) is 0 Å². The van der Waals surface area contributed by atoms with Crippen molar-refractivity contribution in [1.29, 1.82) is 0 Å². The van der Waals surface area contributed by atoms with E-state index in [4.69, 9.17) is 4.74 Å². The van der Waals surface area contributed by atoms with Crippen molar-refractivity contribution in [2.24, 2.45) is 0 Å². The molecule has 2 rings (SSSR count). The number of carbonyl (C=O) groups is 3. The topological polar surface area (TPSA) is 75.7 Å². The van der Waals surface area contributed by atoms with E-state index in [1.807, 2.05) is 11.8 Å². The van der Waals surface area contributed by atoms with E-state index in [1.165, 1.54) is 0 Å². The number of amides is 2. The number of carbonyl (C=O) groups excluding carboxylic acids is 3. The third-order valence-electron chi connectivity index (χ3n) is 4.47. The molecule has 6 heteroatoms. The monoisotopic (exact) mass is 360 g/mol. The standard InChI is InChI=1S/C20H28N2O4/c1-2-18(23)16-8-10-17(11-9-16)26-15-19(24)21-12-6-14-22-13-5-3-4-7-20(22)25/h8-11H,2-7,12-15H2,1H3,(H,21,24). The molecule has 0 saturated carbocycles. The highest BCUT2D eigenvalue weighted by molar-refractivity contribution is 5.95. The number of hydrogen-bond donors (Lipinski definition) is 1. The van der Waals surface area contributed by atoms with Gasteiger partial charge in [-0.15, -0.1) is 0 Å². The van der Waals surface area contributed by atoms with Crippen molar-refractivity contribution in [3.05, 3.63) is 29.8 Å². The Morgan fingerprint density at radius 3 is 2.65 bits per heavy atom. The van der Waals surface area contributed by atoms with Gasteiger partial charge in [-0.05, 0) is 43.5 Å². The fraction of sp³-hybridized carbons (Fsp3) is 0.550. The van der Waals surface area contributed by atoms with Gasteiger partial charge in [-0.3, -0.25) is 14.4 Å². The molecule has 0 aliphatic carbocycles. The smallest absolute Gasteiger partial charge is 0.257 e. The van der Waals surface area contributed by atoms with Crippen LogP contribution in [0.4, 0.5) is 0 Å². The van der Waals surface area contributed by atoms with E-state index in [-0.39, 0.29) is 24.2 Å². The molecule has 0 aromatic heterocycles. The average molecular weight is 360 g/mol. The van der Waals surface area contributed by atoms with Gasteiger partial charge in [0.15, 0.2) is 12.4 Å². The molecule has 0 bridgehead atoms. The van der Waals surface area contributed by atoms with Crippen LogP contribution in [0, 0.1) is 0 Å². The molecule has 0 atom stereocenters. The Balaban J connectivity index is 1.63. The minimum Gasteiger partial charge on any atom is -0.484 e. The summed E-state index contributed by atoms with van der Waals surface area (Å²) in [6.07, 6.45) is 5.01. The quantitative estimate of drug-likeness (QED) is 0.542. The first kappa shape index (κ1) is 19.9. The second kappa shape index (κ2) is 10.6. The van der Waals surface area contributed by atoms with E-state index in [1.54, 1.807) is 24.3 Å². The van der Waals surface area contributed by atoms with Crippen molar-refractivity contribution < 1.29 is 19.1 Å². The summed E-state index contributed by atoms with van der Waals surface area (Å²) in [5, 5.41) is 2.81. The maximum absolute atomic E-state index is 11.9. The number of likely N-dealkylation sites (tertiary alicyclic amines) is 1. The summed E-state index contributed by atoms with van der Waals surface area (Å²) in [5.74, 6) is 0.670. The SMILES string of the molecule is CCC(=O)c1ccc(OCC(=O)NCCCN2CCCCCC2=O)cc1. The predicted molar refractivity (Wildman–Crippen MR) is 99.2 cm³/mol. The summed E-state index contributed by atoms with van der Waals surface area (Å²) in [5.41, 5.74) is 0.646. The molecule has 1 saturated heterocycles.